The summed E-state index contributed by atoms with van der Waals surface area (Å²) >= 11 is 0. The number of aliphatic hydroxyl groups is 1. The summed E-state index contributed by atoms with van der Waals surface area (Å²) in [6, 6.07) is 0. The maximum atomic E-state index is 12.3. The van der Waals surface area contributed by atoms with Crippen LogP contribution in [0.25, 0.3) is 0 Å². The van der Waals surface area contributed by atoms with E-state index in [1.54, 1.807) is 6.08 Å². The number of hydrogen-bond donors (Lipinski definition) is 1. The first-order valence-electron chi connectivity index (χ1n) is 14.0. The molecule has 0 aromatic carbocycles. The minimum absolute atomic E-state index is 0.0938. The van der Waals surface area contributed by atoms with Crippen LogP contribution in [0.15, 0.2) is 24.3 Å². The van der Waals surface area contributed by atoms with Crippen molar-refractivity contribution in [3.63, 3.8) is 0 Å². The van der Waals surface area contributed by atoms with Gasteiger partial charge in [-0.05, 0) is 55.3 Å². The van der Waals surface area contributed by atoms with Gasteiger partial charge in [-0.3, -0.25) is 0 Å². The maximum Gasteiger partial charge on any atom is 0.334 e. The van der Waals surface area contributed by atoms with Gasteiger partial charge in [0, 0.05) is 18.4 Å². The van der Waals surface area contributed by atoms with Crippen LogP contribution in [0.4, 0.5) is 0 Å². The Labute approximate surface area is 221 Å². The molecule has 0 saturated carbocycles. The Hall–Kier alpha value is -1.39. The lowest BCUT2D eigenvalue weighted by atomic mass is 10.1. The van der Waals surface area contributed by atoms with Gasteiger partial charge in [0.25, 0.3) is 0 Å². The fourth-order valence-electron chi connectivity index (χ4n) is 6.05. The van der Waals surface area contributed by atoms with E-state index in [0.29, 0.717) is 28.6 Å². The molecule has 0 spiro atoms. The molecule has 2 aliphatic rings. The standard InChI is InChI=1S/C30H50O5Si/c1-9-28(31)29-18-17-26(34-29)15-13-11-10-12-14-16-27(20-25-19-24(8)33-30(25)32)35-36(21(2)3,22(4)5)23(6)7/h9,19,21-24,26-29,31H,1,10-13,15,17-18,20H2,2-8H3/t24-,26+,27+,28-,29-/m0/s1. The molecular formula is C30H50O5Si. The van der Waals surface area contributed by atoms with Crippen LogP contribution in [0.1, 0.15) is 99.8 Å². The van der Waals surface area contributed by atoms with E-state index >= 15 is 0 Å². The first-order chi connectivity index (χ1) is 17.0. The van der Waals surface area contributed by atoms with E-state index in [4.69, 9.17) is 13.9 Å². The third-order valence-electron chi connectivity index (χ3n) is 7.80. The number of esters is 1. The monoisotopic (exact) mass is 518 g/mol. The molecule has 0 aromatic heterocycles. The van der Waals surface area contributed by atoms with Crippen LogP contribution < -0.4 is 0 Å². The molecule has 36 heavy (non-hydrogen) atoms. The van der Waals surface area contributed by atoms with Crippen LogP contribution in [0.5, 0.6) is 0 Å². The van der Waals surface area contributed by atoms with Crippen molar-refractivity contribution < 1.29 is 23.8 Å². The molecule has 204 valence electrons. The van der Waals surface area contributed by atoms with Crippen molar-refractivity contribution in [1.82, 2.24) is 0 Å². The van der Waals surface area contributed by atoms with E-state index in [0.717, 1.165) is 44.9 Å². The summed E-state index contributed by atoms with van der Waals surface area (Å²) in [5.74, 6) is 6.55. The first-order valence-corrected chi connectivity index (χ1v) is 16.2. The number of aliphatic hydroxyl groups excluding tert-OH is 1. The van der Waals surface area contributed by atoms with Gasteiger partial charge in [0.05, 0.1) is 18.3 Å². The van der Waals surface area contributed by atoms with Gasteiger partial charge in [-0.1, -0.05) is 66.4 Å². The molecular weight excluding hydrogens is 468 g/mol. The van der Waals surface area contributed by atoms with Crippen molar-refractivity contribution >= 4 is 14.3 Å². The van der Waals surface area contributed by atoms with E-state index in [2.05, 4.69) is 60.0 Å². The van der Waals surface area contributed by atoms with Crippen LogP contribution in [-0.2, 0) is 18.7 Å². The van der Waals surface area contributed by atoms with E-state index in [-0.39, 0.29) is 30.4 Å². The van der Waals surface area contributed by atoms with Crippen molar-refractivity contribution in [2.45, 2.75) is 147 Å². The molecule has 2 aliphatic heterocycles. The molecule has 0 amide bonds. The normalized spacial score (nSPS) is 24.0. The summed E-state index contributed by atoms with van der Waals surface area (Å²) in [7, 11) is -2.13. The number of carbonyl (C=O) groups excluding carboxylic acids is 1. The minimum Gasteiger partial charge on any atom is -0.455 e. The minimum atomic E-state index is -2.13. The van der Waals surface area contributed by atoms with Gasteiger partial charge in [-0.15, -0.1) is 12.5 Å². The predicted molar refractivity (Wildman–Crippen MR) is 149 cm³/mol. The van der Waals surface area contributed by atoms with Crippen molar-refractivity contribution in [3.05, 3.63) is 24.3 Å². The molecule has 2 heterocycles. The summed E-state index contributed by atoms with van der Waals surface area (Å²) in [6.07, 6.45) is 10.1. The molecule has 1 fully saturated rings. The topological polar surface area (TPSA) is 65.0 Å². The van der Waals surface area contributed by atoms with Gasteiger partial charge in [0.2, 0.25) is 8.32 Å². The van der Waals surface area contributed by atoms with Crippen LogP contribution in [0, 0.1) is 11.8 Å². The summed E-state index contributed by atoms with van der Waals surface area (Å²) in [4.78, 5) is 12.3. The maximum absolute atomic E-state index is 12.3. The molecule has 0 bridgehead atoms. The van der Waals surface area contributed by atoms with Crippen LogP contribution in [-0.4, -0.2) is 49.9 Å². The van der Waals surface area contributed by atoms with E-state index < -0.39 is 14.4 Å². The number of cyclic esters (lactones) is 1. The second-order valence-corrected chi connectivity index (χ2v) is 16.9. The third-order valence-corrected chi connectivity index (χ3v) is 13.9. The van der Waals surface area contributed by atoms with Gasteiger partial charge in [0.15, 0.2) is 0 Å². The number of unbranched alkanes of at least 4 members (excludes halogenated alkanes) is 3. The molecule has 5 atom stereocenters. The summed E-state index contributed by atoms with van der Waals surface area (Å²) in [5.41, 5.74) is 2.05. The average Bonchev–Trinajstić information content (AvgIpc) is 3.40. The summed E-state index contributed by atoms with van der Waals surface area (Å²) in [6.45, 7) is 19.2. The molecule has 0 unspecified atom stereocenters. The van der Waals surface area contributed by atoms with Gasteiger partial charge in [-0.25, -0.2) is 4.79 Å². The number of hydrogen-bond acceptors (Lipinski definition) is 5. The largest absolute Gasteiger partial charge is 0.455 e. The number of ether oxygens (including phenoxy) is 2. The molecule has 6 heteroatoms. The Morgan fingerprint density at radius 3 is 2.36 bits per heavy atom. The van der Waals surface area contributed by atoms with Crippen LogP contribution in [0.3, 0.4) is 0 Å². The highest BCUT2D eigenvalue weighted by molar-refractivity contribution is 6.77. The number of carbonyl (C=O) groups is 1. The molecule has 5 nitrogen and oxygen atoms in total. The molecule has 0 radical (unpaired) electrons. The highest BCUT2D eigenvalue weighted by atomic mass is 28.4. The van der Waals surface area contributed by atoms with E-state index in [1.807, 2.05) is 13.0 Å². The van der Waals surface area contributed by atoms with E-state index in [9.17, 15) is 9.90 Å². The summed E-state index contributed by atoms with van der Waals surface area (Å²) < 4.78 is 18.3. The number of rotatable bonds is 14. The SMILES string of the molecule is C=C[C@H](O)[C@@H]1CC[C@@H](CCCCCC#C[C@H](CC2=C[C@H](C)OC2=O)O[Si](C(C)C)(C(C)C)C(C)C)O1. The Balaban J connectivity index is 1.94. The van der Waals surface area contributed by atoms with Crippen LogP contribution >= 0.6 is 0 Å². The lowest BCUT2D eigenvalue weighted by Gasteiger charge is -2.43. The van der Waals surface area contributed by atoms with E-state index in [1.165, 1.54) is 0 Å². The second kappa shape index (κ2) is 14.5. The second-order valence-electron chi connectivity index (χ2n) is 11.5. The highest BCUT2D eigenvalue weighted by Gasteiger charge is 2.46. The zero-order chi connectivity index (χ0) is 26.9. The highest BCUT2D eigenvalue weighted by Crippen LogP contribution is 2.43. The van der Waals surface area contributed by atoms with Gasteiger partial charge in [-0.2, -0.15) is 0 Å². The fraction of sp³-hybridized carbons (Fsp3) is 0.767. The quantitative estimate of drug-likeness (QED) is 0.0895. The Bertz CT molecular complexity index is 784. The zero-order valence-electron chi connectivity index (χ0n) is 23.7. The van der Waals surface area contributed by atoms with Gasteiger partial charge in [0.1, 0.15) is 12.2 Å². The Morgan fingerprint density at radius 2 is 1.81 bits per heavy atom. The fourth-order valence-corrected chi connectivity index (χ4v) is 11.5. The third kappa shape index (κ3) is 8.31. The lowest BCUT2D eigenvalue weighted by Crippen LogP contribution is -2.50. The lowest BCUT2D eigenvalue weighted by molar-refractivity contribution is -0.139. The molecule has 1 N–H and O–H groups in total. The van der Waals surface area contributed by atoms with Crippen molar-refractivity contribution in [3.8, 4) is 11.8 Å². The average molecular weight is 519 g/mol. The van der Waals surface area contributed by atoms with Gasteiger partial charge >= 0.3 is 5.97 Å². The predicted octanol–water partition coefficient (Wildman–Crippen LogP) is 6.86. The van der Waals surface area contributed by atoms with Crippen LogP contribution in [0.2, 0.25) is 16.6 Å². The molecule has 2 rings (SSSR count). The smallest absolute Gasteiger partial charge is 0.334 e. The Morgan fingerprint density at radius 1 is 1.14 bits per heavy atom. The summed E-state index contributed by atoms with van der Waals surface area (Å²) in [5, 5.41) is 9.87. The van der Waals surface area contributed by atoms with Gasteiger partial charge < -0.3 is 19.0 Å². The van der Waals surface area contributed by atoms with Crippen molar-refractivity contribution in [1.29, 1.82) is 0 Å². The van der Waals surface area contributed by atoms with Crippen molar-refractivity contribution in [2.24, 2.45) is 0 Å². The zero-order valence-corrected chi connectivity index (χ0v) is 24.7. The molecule has 0 aromatic rings. The molecule has 0 aliphatic carbocycles. The molecule has 1 saturated heterocycles. The van der Waals surface area contributed by atoms with Crippen molar-refractivity contribution in [2.75, 3.05) is 0 Å². The Kier molecular flexibility index (Phi) is 12.4. The first kappa shape index (κ1) is 30.8.